The Morgan fingerprint density at radius 3 is 2.90 bits per heavy atom. The monoisotopic (exact) mass is 288 g/mol. The zero-order valence-electron chi connectivity index (χ0n) is 12.1. The lowest BCUT2D eigenvalue weighted by atomic mass is 9.98. The highest BCUT2D eigenvalue weighted by molar-refractivity contribution is 7.11. The average Bonchev–Trinajstić information content (AvgIpc) is 3.02. The van der Waals surface area contributed by atoms with Gasteiger partial charge in [0.25, 0.3) is 0 Å². The van der Waals surface area contributed by atoms with Crippen LogP contribution < -0.4 is 10.1 Å². The van der Waals surface area contributed by atoms with Crippen LogP contribution in [0.15, 0.2) is 30.5 Å². The van der Waals surface area contributed by atoms with Crippen molar-refractivity contribution < 1.29 is 4.74 Å². The third kappa shape index (κ3) is 2.72. The van der Waals surface area contributed by atoms with Crippen molar-refractivity contribution in [1.29, 1.82) is 0 Å². The van der Waals surface area contributed by atoms with E-state index in [1.807, 2.05) is 18.3 Å². The smallest absolute Gasteiger partial charge is 0.124 e. The minimum atomic E-state index is 0.131. The Bertz CT molecular complexity index is 601. The van der Waals surface area contributed by atoms with Crippen molar-refractivity contribution in [3.63, 3.8) is 0 Å². The Labute approximate surface area is 124 Å². The number of nitrogens with one attached hydrogen (secondary N) is 1. The summed E-state index contributed by atoms with van der Waals surface area (Å²) in [5.74, 6) is 1.00. The van der Waals surface area contributed by atoms with E-state index in [9.17, 15) is 0 Å². The molecule has 1 atom stereocenters. The second-order valence-electron chi connectivity index (χ2n) is 6.16. The van der Waals surface area contributed by atoms with E-state index in [-0.39, 0.29) is 11.5 Å². The summed E-state index contributed by atoms with van der Waals surface area (Å²) in [5.41, 5.74) is 1.39. The normalized spacial score (nSPS) is 17.9. The van der Waals surface area contributed by atoms with Crippen molar-refractivity contribution in [1.82, 2.24) is 10.3 Å². The molecule has 106 valence electrons. The van der Waals surface area contributed by atoms with Crippen LogP contribution >= 0.6 is 11.3 Å². The van der Waals surface area contributed by atoms with Gasteiger partial charge in [0.05, 0.1) is 11.0 Å². The number of para-hydroxylation sites is 1. The zero-order chi connectivity index (χ0) is 14.2. The van der Waals surface area contributed by atoms with Gasteiger partial charge < -0.3 is 10.1 Å². The maximum absolute atomic E-state index is 5.68. The molecule has 3 nitrogen and oxygen atoms in total. The lowest BCUT2D eigenvalue weighted by Gasteiger charge is -2.13. The molecule has 1 aromatic carbocycles. The Kier molecular flexibility index (Phi) is 3.52. The fourth-order valence-electron chi connectivity index (χ4n) is 2.29. The third-order valence-corrected chi connectivity index (χ3v) is 4.84. The summed E-state index contributed by atoms with van der Waals surface area (Å²) in [4.78, 5) is 5.80. The molecular formula is C16H20N2OS. The van der Waals surface area contributed by atoms with Crippen LogP contribution in [0.4, 0.5) is 0 Å². The largest absolute Gasteiger partial charge is 0.491 e. The number of hydrogen-bond acceptors (Lipinski definition) is 4. The van der Waals surface area contributed by atoms with Gasteiger partial charge in [-0.05, 0) is 6.07 Å². The molecule has 1 aromatic heterocycles. The average molecular weight is 288 g/mol. The maximum atomic E-state index is 5.68. The van der Waals surface area contributed by atoms with Gasteiger partial charge in [-0.1, -0.05) is 39.0 Å². The van der Waals surface area contributed by atoms with E-state index in [0.717, 1.165) is 12.3 Å². The Morgan fingerprint density at radius 2 is 2.15 bits per heavy atom. The molecule has 1 aliphatic heterocycles. The molecule has 3 rings (SSSR count). The molecule has 0 fully saturated rings. The van der Waals surface area contributed by atoms with Crippen molar-refractivity contribution in [2.45, 2.75) is 38.8 Å². The van der Waals surface area contributed by atoms with Gasteiger partial charge in [-0.2, -0.15) is 0 Å². The molecule has 0 amide bonds. The highest BCUT2D eigenvalue weighted by atomic mass is 32.1. The first kappa shape index (κ1) is 13.6. The number of hydrogen-bond donors (Lipinski definition) is 1. The first-order valence-electron chi connectivity index (χ1n) is 6.94. The molecule has 0 radical (unpaired) electrons. The summed E-state index contributed by atoms with van der Waals surface area (Å²) in [6, 6.07) is 8.52. The summed E-state index contributed by atoms with van der Waals surface area (Å²) < 4.78 is 5.68. The van der Waals surface area contributed by atoms with E-state index in [0.29, 0.717) is 6.61 Å². The highest BCUT2D eigenvalue weighted by Gasteiger charge is 2.23. The van der Waals surface area contributed by atoms with Crippen LogP contribution in [0.1, 0.15) is 42.3 Å². The van der Waals surface area contributed by atoms with Crippen LogP contribution in [0, 0.1) is 0 Å². The van der Waals surface area contributed by atoms with E-state index in [2.05, 4.69) is 43.2 Å². The first-order chi connectivity index (χ1) is 9.54. The number of aromatic nitrogens is 1. The molecule has 0 aliphatic carbocycles. The second-order valence-corrected chi connectivity index (χ2v) is 7.28. The lowest BCUT2D eigenvalue weighted by molar-refractivity contribution is 0.311. The molecule has 0 bridgehead atoms. The SMILES string of the molecule is CC(C)(C)c1ncc(CNC2COc3ccccc32)s1. The highest BCUT2D eigenvalue weighted by Crippen LogP contribution is 2.32. The summed E-state index contributed by atoms with van der Waals surface area (Å²) >= 11 is 1.79. The minimum Gasteiger partial charge on any atom is -0.491 e. The third-order valence-electron chi connectivity index (χ3n) is 3.42. The van der Waals surface area contributed by atoms with Gasteiger partial charge in [0, 0.05) is 28.6 Å². The van der Waals surface area contributed by atoms with E-state index in [4.69, 9.17) is 4.74 Å². The van der Waals surface area contributed by atoms with Gasteiger partial charge in [-0.15, -0.1) is 11.3 Å². The number of benzene rings is 1. The molecule has 2 heterocycles. The van der Waals surface area contributed by atoms with Crippen LogP contribution in [0.2, 0.25) is 0 Å². The molecule has 20 heavy (non-hydrogen) atoms. The van der Waals surface area contributed by atoms with Gasteiger partial charge in [-0.3, -0.25) is 0 Å². The Hall–Kier alpha value is -1.39. The zero-order valence-corrected chi connectivity index (χ0v) is 13.0. The van der Waals surface area contributed by atoms with Gasteiger partial charge in [0.1, 0.15) is 12.4 Å². The fourth-order valence-corrected chi connectivity index (χ4v) is 3.21. The minimum absolute atomic E-state index is 0.131. The number of rotatable bonds is 3. The van der Waals surface area contributed by atoms with Crippen LogP contribution in [0.5, 0.6) is 5.75 Å². The predicted molar refractivity (Wildman–Crippen MR) is 82.3 cm³/mol. The summed E-state index contributed by atoms with van der Waals surface area (Å²) in [7, 11) is 0. The van der Waals surface area contributed by atoms with E-state index >= 15 is 0 Å². The Morgan fingerprint density at radius 1 is 1.35 bits per heavy atom. The molecule has 0 saturated heterocycles. The van der Waals surface area contributed by atoms with Crippen molar-refractivity contribution in [3.8, 4) is 5.75 Å². The molecule has 2 aromatic rings. The van der Waals surface area contributed by atoms with E-state index in [1.54, 1.807) is 11.3 Å². The lowest BCUT2D eigenvalue weighted by Crippen LogP contribution is -2.21. The molecule has 4 heteroatoms. The van der Waals surface area contributed by atoms with Gasteiger partial charge in [-0.25, -0.2) is 4.98 Å². The van der Waals surface area contributed by atoms with E-state index < -0.39 is 0 Å². The van der Waals surface area contributed by atoms with Gasteiger partial charge in [0.2, 0.25) is 0 Å². The predicted octanol–water partition coefficient (Wildman–Crippen LogP) is 3.66. The summed E-state index contributed by atoms with van der Waals surface area (Å²) in [5, 5.41) is 4.76. The van der Waals surface area contributed by atoms with Gasteiger partial charge in [0.15, 0.2) is 0 Å². The standard InChI is InChI=1S/C16H20N2OS/c1-16(2,3)15-18-9-11(20-15)8-17-13-10-19-14-7-5-4-6-12(13)14/h4-7,9,13,17H,8,10H2,1-3H3. The van der Waals surface area contributed by atoms with Crippen molar-refractivity contribution in [3.05, 3.63) is 45.9 Å². The molecule has 0 saturated carbocycles. The first-order valence-corrected chi connectivity index (χ1v) is 7.76. The molecular weight excluding hydrogens is 268 g/mol. The topological polar surface area (TPSA) is 34.2 Å². The fraction of sp³-hybridized carbons (Fsp3) is 0.438. The van der Waals surface area contributed by atoms with E-state index in [1.165, 1.54) is 15.4 Å². The van der Waals surface area contributed by atoms with Crippen LogP contribution in [0.3, 0.4) is 0 Å². The summed E-state index contributed by atoms with van der Waals surface area (Å²) in [6.45, 7) is 8.15. The molecule has 0 spiro atoms. The summed E-state index contributed by atoms with van der Waals surface area (Å²) in [6.07, 6.45) is 1.99. The Balaban J connectivity index is 1.65. The van der Waals surface area contributed by atoms with Crippen LogP contribution in [-0.4, -0.2) is 11.6 Å². The number of nitrogens with zero attached hydrogens (tertiary/aromatic N) is 1. The van der Waals surface area contributed by atoms with Crippen LogP contribution in [0.25, 0.3) is 0 Å². The second kappa shape index (κ2) is 5.19. The number of thiazole rings is 1. The molecule has 1 aliphatic rings. The van der Waals surface area contributed by atoms with Crippen molar-refractivity contribution in [2.24, 2.45) is 0 Å². The molecule has 1 N–H and O–H groups in total. The molecule has 1 unspecified atom stereocenters. The van der Waals surface area contributed by atoms with Gasteiger partial charge >= 0.3 is 0 Å². The number of fused-ring (bicyclic) bond motifs is 1. The quantitative estimate of drug-likeness (QED) is 0.936. The van der Waals surface area contributed by atoms with Crippen molar-refractivity contribution >= 4 is 11.3 Å². The number of ether oxygens (including phenoxy) is 1. The maximum Gasteiger partial charge on any atom is 0.124 e. The van der Waals surface area contributed by atoms with Crippen LogP contribution in [-0.2, 0) is 12.0 Å². The van der Waals surface area contributed by atoms with Crippen molar-refractivity contribution in [2.75, 3.05) is 6.61 Å².